The summed E-state index contributed by atoms with van der Waals surface area (Å²) in [4.78, 5) is 19.9. The number of pyridine rings is 3. The van der Waals surface area contributed by atoms with Crippen LogP contribution in [0.2, 0.25) is 0 Å². The zero-order valence-electron chi connectivity index (χ0n) is 19.6. The number of nitrogens with one attached hydrogen (secondary N) is 2. The molecule has 0 saturated carbocycles. The van der Waals surface area contributed by atoms with Crippen molar-refractivity contribution in [3.8, 4) is 33.2 Å². The van der Waals surface area contributed by atoms with E-state index in [0.717, 1.165) is 60.6 Å². The number of likely N-dealkylation sites (tertiary alicyclic amines) is 1. The average molecular weight is 514 g/mol. The second-order valence-corrected chi connectivity index (χ2v) is 10.3. The maximum Gasteiger partial charge on any atom is 0.261 e. The Labute approximate surface area is 214 Å². The number of hydrogen-bond donors (Lipinski definition) is 2. The molecule has 0 unspecified atom stereocenters. The molecule has 0 atom stereocenters. The van der Waals surface area contributed by atoms with Crippen molar-refractivity contribution in [2.75, 3.05) is 13.1 Å². The summed E-state index contributed by atoms with van der Waals surface area (Å²) < 4.78 is 27.2. The SMILES string of the molecule is FC1(F)CCN(Cc2cncc(-c3cc4c(-c5cc6c(-c7cccs7)nccc6[nH]5)n[nH]c4cn3)c2)C1. The summed E-state index contributed by atoms with van der Waals surface area (Å²) in [6.07, 6.45) is 6.95. The van der Waals surface area contributed by atoms with Gasteiger partial charge in [0.1, 0.15) is 5.69 Å². The molecule has 0 aromatic carbocycles. The van der Waals surface area contributed by atoms with Gasteiger partial charge in [0.05, 0.1) is 40.2 Å². The van der Waals surface area contributed by atoms with Crippen LogP contribution in [0.15, 0.2) is 66.6 Å². The van der Waals surface area contributed by atoms with Crippen LogP contribution < -0.4 is 0 Å². The minimum atomic E-state index is -2.61. The van der Waals surface area contributed by atoms with Gasteiger partial charge in [-0.25, -0.2) is 8.78 Å². The Hall–Kier alpha value is -4.02. The molecule has 0 spiro atoms. The molecule has 0 amide bonds. The number of aromatic amines is 2. The molecule has 1 saturated heterocycles. The van der Waals surface area contributed by atoms with Crippen LogP contribution in [0, 0.1) is 0 Å². The van der Waals surface area contributed by atoms with Gasteiger partial charge in [0.15, 0.2) is 0 Å². The van der Waals surface area contributed by atoms with Crippen LogP contribution in [0.3, 0.4) is 0 Å². The lowest BCUT2D eigenvalue weighted by molar-refractivity contribution is 0.0115. The highest BCUT2D eigenvalue weighted by molar-refractivity contribution is 7.13. The fraction of sp³-hybridized carbons (Fsp3) is 0.185. The van der Waals surface area contributed by atoms with Crippen molar-refractivity contribution < 1.29 is 8.78 Å². The van der Waals surface area contributed by atoms with E-state index < -0.39 is 5.92 Å². The van der Waals surface area contributed by atoms with E-state index in [1.165, 1.54) is 0 Å². The molecule has 2 N–H and O–H groups in total. The molecule has 37 heavy (non-hydrogen) atoms. The molecule has 6 aromatic heterocycles. The third-order valence-corrected chi connectivity index (χ3v) is 7.63. The van der Waals surface area contributed by atoms with E-state index in [2.05, 4.69) is 42.3 Å². The zero-order valence-corrected chi connectivity index (χ0v) is 20.4. The molecular weight excluding hydrogens is 492 g/mol. The quantitative estimate of drug-likeness (QED) is 0.290. The Morgan fingerprint density at radius 2 is 1.92 bits per heavy atom. The molecule has 0 aliphatic carbocycles. The van der Waals surface area contributed by atoms with Gasteiger partial charge in [-0.3, -0.25) is 25.0 Å². The number of hydrogen-bond acceptors (Lipinski definition) is 6. The minimum Gasteiger partial charge on any atom is -0.353 e. The van der Waals surface area contributed by atoms with Gasteiger partial charge < -0.3 is 4.98 Å². The van der Waals surface area contributed by atoms with Crippen molar-refractivity contribution in [3.63, 3.8) is 0 Å². The van der Waals surface area contributed by atoms with Crippen molar-refractivity contribution in [2.45, 2.75) is 18.9 Å². The standard InChI is InChI=1S/C27H21F2N7S/c28-27(29)4-6-36(15-27)14-16-8-17(12-30-11-16)21-9-19-23(13-32-21)34-35-25(19)22-10-18-20(33-22)3-5-31-26(18)24-2-1-7-37-24/h1-3,5,7-13,33H,4,6,14-15H2,(H,34,35). The lowest BCUT2D eigenvalue weighted by Gasteiger charge is -2.15. The molecular formula is C27H21F2N7S. The number of thiophene rings is 1. The van der Waals surface area contributed by atoms with E-state index in [1.807, 2.05) is 35.8 Å². The molecule has 1 aliphatic heterocycles. The van der Waals surface area contributed by atoms with Crippen LogP contribution in [0.25, 0.3) is 55.0 Å². The number of H-pyrrole nitrogens is 2. The number of aromatic nitrogens is 6. The molecule has 7 heterocycles. The zero-order chi connectivity index (χ0) is 25.0. The third kappa shape index (κ3) is 4.08. The van der Waals surface area contributed by atoms with Crippen LogP contribution in [-0.4, -0.2) is 54.0 Å². The lowest BCUT2D eigenvalue weighted by atomic mass is 10.1. The first-order valence-corrected chi connectivity index (χ1v) is 12.8. The van der Waals surface area contributed by atoms with Crippen LogP contribution in [-0.2, 0) is 6.54 Å². The van der Waals surface area contributed by atoms with E-state index in [0.29, 0.717) is 13.1 Å². The summed E-state index contributed by atoms with van der Waals surface area (Å²) in [6, 6.07) is 12.1. The lowest BCUT2D eigenvalue weighted by Crippen LogP contribution is -2.24. The smallest absolute Gasteiger partial charge is 0.261 e. The predicted octanol–water partition coefficient (Wildman–Crippen LogP) is 6.13. The van der Waals surface area contributed by atoms with E-state index in [4.69, 9.17) is 0 Å². The van der Waals surface area contributed by atoms with E-state index in [9.17, 15) is 8.78 Å². The van der Waals surface area contributed by atoms with Crippen molar-refractivity contribution in [1.29, 1.82) is 0 Å². The van der Waals surface area contributed by atoms with Crippen molar-refractivity contribution >= 4 is 33.1 Å². The summed E-state index contributed by atoms with van der Waals surface area (Å²) >= 11 is 1.66. The maximum absolute atomic E-state index is 13.6. The summed E-state index contributed by atoms with van der Waals surface area (Å²) in [6.45, 7) is 0.605. The Morgan fingerprint density at radius 3 is 2.76 bits per heavy atom. The average Bonchev–Trinajstić information content (AvgIpc) is 3.69. The molecule has 184 valence electrons. The molecule has 6 aromatic rings. The minimum absolute atomic E-state index is 0.0970. The third-order valence-electron chi connectivity index (χ3n) is 6.75. The van der Waals surface area contributed by atoms with Gasteiger partial charge in [-0.15, -0.1) is 11.3 Å². The Morgan fingerprint density at radius 1 is 1.00 bits per heavy atom. The topological polar surface area (TPSA) is 86.4 Å². The molecule has 7 nitrogen and oxygen atoms in total. The van der Waals surface area contributed by atoms with Crippen LogP contribution >= 0.6 is 11.3 Å². The molecule has 0 bridgehead atoms. The van der Waals surface area contributed by atoms with E-state index >= 15 is 0 Å². The van der Waals surface area contributed by atoms with Crippen molar-refractivity contribution in [1.82, 2.24) is 35.0 Å². The summed E-state index contributed by atoms with van der Waals surface area (Å²) in [5, 5.41) is 11.7. The molecule has 7 rings (SSSR count). The van der Waals surface area contributed by atoms with Crippen LogP contribution in [0.4, 0.5) is 8.78 Å². The van der Waals surface area contributed by atoms with E-state index in [-0.39, 0.29) is 13.0 Å². The molecule has 1 fully saturated rings. The monoisotopic (exact) mass is 513 g/mol. The summed E-state index contributed by atoms with van der Waals surface area (Å²) in [7, 11) is 0. The van der Waals surface area contributed by atoms with Gasteiger partial charge in [0.25, 0.3) is 5.92 Å². The normalized spacial score (nSPS) is 15.7. The molecule has 1 aliphatic rings. The second-order valence-electron chi connectivity index (χ2n) is 9.37. The first-order valence-electron chi connectivity index (χ1n) is 11.9. The summed E-state index contributed by atoms with van der Waals surface area (Å²) in [5.74, 6) is -2.61. The number of alkyl halides is 2. The number of fused-ring (bicyclic) bond motifs is 2. The number of nitrogens with zero attached hydrogens (tertiary/aromatic N) is 5. The highest BCUT2D eigenvalue weighted by atomic mass is 32.1. The van der Waals surface area contributed by atoms with E-state index in [1.54, 1.807) is 34.8 Å². The Bertz CT molecular complexity index is 1740. The highest BCUT2D eigenvalue weighted by Crippen LogP contribution is 2.35. The first kappa shape index (κ1) is 22.2. The van der Waals surface area contributed by atoms with Gasteiger partial charge in [0, 0.05) is 60.0 Å². The van der Waals surface area contributed by atoms with Crippen LogP contribution in [0.1, 0.15) is 12.0 Å². The largest absolute Gasteiger partial charge is 0.353 e. The van der Waals surface area contributed by atoms with Crippen LogP contribution in [0.5, 0.6) is 0 Å². The fourth-order valence-electron chi connectivity index (χ4n) is 4.99. The first-order chi connectivity index (χ1) is 18.0. The number of rotatable bonds is 5. The second kappa shape index (κ2) is 8.53. The Balaban J connectivity index is 1.24. The van der Waals surface area contributed by atoms with Crippen molar-refractivity contribution in [2.24, 2.45) is 0 Å². The van der Waals surface area contributed by atoms with Crippen molar-refractivity contribution in [3.05, 3.63) is 72.1 Å². The maximum atomic E-state index is 13.6. The molecule has 0 radical (unpaired) electrons. The fourth-order valence-corrected chi connectivity index (χ4v) is 5.72. The van der Waals surface area contributed by atoms with Gasteiger partial charge in [-0.1, -0.05) is 6.07 Å². The van der Waals surface area contributed by atoms with Gasteiger partial charge in [-0.2, -0.15) is 5.10 Å². The highest BCUT2D eigenvalue weighted by Gasteiger charge is 2.37. The number of halogens is 2. The summed E-state index contributed by atoms with van der Waals surface area (Å²) in [5.41, 5.74) is 6.87. The Kier molecular flexibility index (Phi) is 5.12. The predicted molar refractivity (Wildman–Crippen MR) is 140 cm³/mol. The molecule has 10 heteroatoms. The van der Waals surface area contributed by atoms with Gasteiger partial charge >= 0.3 is 0 Å². The van der Waals surface area contributed by atoms with Gasteiger partial charge in [-0.05, 0) is 41.3 Å². The van der Waals surface area contributed by atoms with Gasteiger partial charge in [0.2, 0.25) is 0 Å².